The molecule has 5 rings (SSSR count). The molecule has 0 unspecified atom stereocenters. The summed E-state index contributed by atoms with van der Waals surface area (Å²) in [5.74, 6) is -0.0906. The molecular weight excluding hydrogens is 483 g/mol. The van der Waals surface area contributed by atoms with E-state index < -0.39 is 11.4 Å². The summed E-state index contributed by atoms with van der Waals surface area (Å²) in [5.41, 5.74) is 8.45. The van der Waals surface area contributed by atoms with Gasteiger partial charge in [0.05, 0.1) is 17.9 Å². The summed E-state index contributed by atoms with van der Waals surface area (Å²) in [4.78, 5) is 22.9. The summed E-state index contributed by atoms with van der Waals surface area (Å²) in [5, 5.41) is 5.85. The van der Waals surface area contributed by atoms with E-state index in [1.807, 2.05) is 37.7 Å². The molecule has 1 saturated heterocycles. The van der Waals surface area contributed by atoms with Gasteiger partial charge in [0, 0.05) is 64.2 Å². The minimum atomic E-state index is -0.534. The summed E-state index contributed by atoms with van der Waals surface area (Å²) in [6, 6.07) is 6.48. The third kappa shape index (κ3) is 4.70. The standard InChI is InChI=1S/C26H26ClFN6O2/c1-26(2,3)36-25(35)33-7-6-17(14-33)34-13-16(11-32-34)15-8-19(24(29)31-10-15)23-9-18-20(12-30-23)22(28)5-4-21(18)27/h4-5,8-13,17H,6-7,14H2,1-3H3,(H2,29,31)/t17-/m1/s1. The lowest BCUT2D eigenvalue weighted by Gasteiger charge is -2.24. The van der Waals surface area contributed by atoms with Gasteiger partial charge in [0.2, 0.25) is 0 Å². The number of halogens is 2. The van der Waals surface area contributed by atoms with Gasteiger partial charge in [0.1, 0.15) is 17.2 Å². The molecule has 4 heterocycles. The maximum atomic E-state index is 14.2. The molecule has 0 bridgehead atoms. The number of hydrogen-bond acceptors (Lipinski definition) is 6. The molecule has 8 nitrogen and oxygen atoms in total. The summed E-state index contributed by atoms with van der Waals surface area (Å²) in [6.07, 6.45) is 7.28. The number of carbonyl (C=O) groups is 1. The Hall–Kier alpha value is -3.72. The molecule has 0 spiro atoms. The lowest BCUT2D eigenvalue weighted by Crippen LogP contribution is -2.35. The Labute approximate surface area is 212 Å². The van der Waals surface area contributed by atoms with Gasteiger partial charge >= 0.3 is 6.09 Å². The number of nitrogen functional groups attached to an aromatic ring is 1. The molecule has 1 fully saturated rings. The second kappa shape index (κ2) is 9.05. The van der Waals surface area contributed by atoms with Crippen molar-refractivity contribution in [1.29, 1.82) is 0 Å². The molecule has 1 aliphatic heterocycles. The van der Waals surface area contributed by atoms with Crippen LogP contribution in [-0.2, 0) is 4.74 Å². The first kappa shape index (κ1) is 24.0. The predicted octanol–water partition coefficient (Wildman–Crippen LogP) is 5.72. The van der Waals surface area contributed by atoms with Crippen LogP contribution in [0.4, 0.5) is 15.0 Å². The molecule has 2 N–H and O–H groups in total. The fourth-order valence-electron chi connectivity index (χ4n) is 4.29. The number of pyridine rings is 2. The number of nitrogens with zero attached hydrogens (tertiary/aromatic N) is 5. The maximum absolute atomic E-state index is 14.2. The number of nitrogens with two attached hydrogens (primary N) is 1. The van der Waals surface area contributed by atoms with E-state index in [9.17, 15) is 9.18 Å². The highest BCUT2D eigenvalue weighted by atomic mass is 35.5. The Morgan fingerprint density at radius 3 is 2.72 bits per heavy atom. The second-order valence-electron chi connectivity index (χ2n) is 9.88. The van der Waals surface area contributed by atoms with Crippen molar-refractivity contribution in [2.45, 2.75) is 38.8 Å². The lowest BCUT2D eigenvalue weighted by molar-refractivity contribution is 0.0288. The molecular formula is C26H26ClFN6O2. The van der Waals surface area contributed by atoms with Crippen molar-refractivity contribution in [2.75, 3.05) is 18.8 Å². The zero-order valence-corrected chi connectivity index (χ0v) is 21.0. The normalized spacial score (nSPS) is 16.0. The van der Waals surface area contributed by atoms with Gasteiger partial charge in [-0.25, -0.2) is 14.2 Å². The highest BCUT2D eigenvalue weighted by Crippen LogP contribution is 2.33. The number of fused-ring (bicyclic) bond motifs is 1. The number of anilines is 1. The fraction of sp³-hybridized carbons (Fsp3) is 0.308. The van der Waals surface area contributed by atoms with Crippen LogP contribution in [0.2, 0.25) is 5.02 Å². The lowest BCUT2D eigenvalue weighted by atomic mass is 10.0. The van der Waals surface area contributed by atoms with Crippen LogP contribution in [0.25, 0.3) is 33.2 Å². The Kier molecular flexibility index (Phi) is 6.04. The van der Waals surface area contributed by atoms with Crippen molar-refractivity contribution in [3.8, 4) is 22.4 Å². The van der Waals surface area contributed by atoms with Crippen molar-refractivity contribution < 1.29 is 13.9 Å². The number of likely N-dealkylation sites (tertiary alicyclic amines) is 1. The first-order valence-corrected chi connectivity index (χ1v) is 12.0. The smallest absolute Gasteiger partial charge is 0.410 e. The number of hydrogen-bond donors (Lipinski definition) is 1. The Balaban J connectivity index is 1.39. The maximum Gasteiger partial charge on any atom is 0.410 e. The number of aromatic nitrogens is 4. The number of rotatable bonds is 3. The highest BCUT2D eigenvalue weighted by molar-refractivity contribution is 6.35. The summed E-state index contributed by atoms with van der Waals surface area (Å²) in [6.45, 7) is 6.70. The van der Waals surface area contributed by atoms with Gasteiger partial charge in [-0.1, -0.05) is 11.6 Å². The molecule has 10 heteroatoms. The van der Waals surface area contributed by atoms with E-state index in [4.69, 9.17) is 22.1 Å². The van der Waals surface area contributed by atoms with Crippen molar-refractivity contribution in [3.05, 3.63) is 59.9 Å². The van der Waals surface area contributed by atoms with Crippen LogP contribution >= 0.6 is 11.6 Å². The molecule has 186 valence electrons. The van der Waals surface area contributed by atoms with E-state index in [2.05, 4.69) is 15.1 Å². The van der Waals surface area contributed by atoms with E-state index in [-0.39, 0.29) is 12.1 Å². The third-order valence-corrected chi connectivity index (χ3v) is 6.44. The first-order chi connectivity index (χ1) is 17.1. The molecule has 36 heavy (non-hydrogen) atoms. The second-order valence-corrected chi connectivity index (χ2v) is 10.3. The number of amides is 1. The summed E-state index contributed by atoms with van der Waals surface area (Å²) in [7, 11) is 0. The number of ether oxygens (including phenoxy) is 1. The van der Waals surface area contributed by atoms with Gasteiger partial charge < -0.3 is 15.4 Å². The number of carbonyl (C=O) groups excluding carboxylic acids is 1. The molecule has 1 aliphatic rings. The van der Waals surface area contributed by atoms with Gasteiger partial charge in [-0.3, -0.25) is 9.67 Å². The average molecular weight is 509 g/mol. The SMILES string of the molecule is CC(C)(C)OC(=O)N1CC[C@@H](n2cc(-c3cnc(N)c(-c4cc5c(Cl)ccc(F)c5cn4)c3)cn2)C1. The van der Waals surface area contributed by atoms with Crippen LogP contribution in [0.1, 0.15) is 33.2 Å². The Morgan fingerprint density at radius 2 is 1.94 bits per heavy atom. The highest BCUT2D eigenvalue weighted by Gasteiger charge is 2.31. The van der Waals surface area contributed by atoms with E-state index in [1.54, 1.807) is 23.4 Å². The summed E-state index contributed by atoms with van der Waals surface area (Å²) < 4.78 is 21.5. The van der Waals surface area contributed by atoms with Crippen molar-refractivity contribution in [2.24, 2.45) is 0 Å². The molecule has 1 amide bonds. The van der Waals surface area contributed by atoms with E-state index in [1.165, 1.54) is 18.3 Å². The van der Waals surface area contributed by atoms with Crippen molar-refractivity contribution >= 4 is 34.3 Å². The van der Waals surface area contributed by atoms with E-state index in [0.29, 0.717) is 46.0 Å². The molecule has 0 radical (unpaired) electrons. The van der Waals surface area contributed by atoms with Crippen LogP contribution in [0.15, 0.2) is 49.1 Å². The third-order valence-electron chi connectivity index (χ3n) is 6.11. The fourth-order valence-corrected chi connectivity index (χ4v) is 4.51. The monoisotopic (exact) mass is 508 g/mol. The van der Waals surface area contributed by atoms with Crippen molar-refractivity contribution in [3.63, 3.8) is 0 Å². The van der Waals surface area contributed by atoms with Gasteiger partial charge in [-0.05, 0) is 51.5 Å². The zero-order valence-electron chi connectivity index (χ0n) is 20.2. The summed E-state index contributed by atoms with van der Waals surface area (Å²) >= 11 is 6.30. The first-order valence-electron chi connectivity index (χ1n) is 11.6. The van der Waals surface area contributed by atoms with Crippen LogP contribution in [-0.4, -0.2) is 49.4 Å². The average Bonchev–Trinajstić information content (AvgIpc) is 3.51. The minimum Gasteiger partial charge on any atom is -0.444 e. The topological polar surface area (TPSA) is 99.2 Å². The van der Waals surface area contributed by atoms with E-state index >= 15 is 0 Å². The number of benzene rings is 1. The largest absolute Gasteiger partial charge is 0.444 e. The van der Waals surface area contributed by atoms with Crippen LogP contribution in [0, 0.1) is 5.82 Å². The van der Waals surface area contributed by atoms with Crippen molar-refractivity contribution in [1.82, 2.24) is 24.6 Å². The minimum absolute atomic E-state index is 0.0478. The molecule has 1 aromatic carbocycles. The zero-order chi connectivity index (χ0) is 25.6. The molecule has 0 aliphatic carbocycles. The predicted molar refractivity (Wildman–Crippen MR) is 137 cm³/mol. The Morgan fingerprint density at radius 1 is 1.14 bits per heavy atom. The van der Waals surface area contributed by atoms with Crippen LogP contribution in [0.3, 0.4) is 0 Å². The van der Waals surface area contributed by atoms with E-state index in [0.717, 1.165) is 17.5 Å². The van der Waals surface area contributed by atoms with Crippen LogP contribution < -0.4 is 5.73 Å². The van der Waals surface area contributed by atoms with Gasteiger partial charge in [-0.2, -0.15) is 5.10 Å². The Bertz CT molecular complexity index is 1460. The van der Waals surface area contributed by atoms with Gasteiger partial charge in [0.15, 0.2) is 0 Å². The molecule has 4 aromatic rings. The van der Waals surface area contributed by atoms with Crippen LogP contribution in [0.5, 0.6) is 0 Å². The quantitative estimate of drug-likeness (QED) is 0.380. The molecule has 0 saturated carbocycles. The van der Waals surface area contributed by atoms with Gasteiger partial charge in [0.25, 0.3) is 0 Å². The molecule has 3 aromatic heterocycles. The molecule has 1 atom stereocenters. The van der Waals surface area contributed by atoms with Gasteiger partial charge in [-0.15, -0.1) is 0 Å².